The van der Waals surface area contributed by atoms with E-state index >= 15 is 0 Å². The summed E-state index contributed by atoms with van der Waals surface area (Å²) in [4.78, 5) is 32.2. The lowest BCUT2D eigenvalue weighted by Gasteiger charge is -2.12. The van der Waals surface area contributed by atoms with Crippen molar-refractivity contribution in [3.8, 4) is 11.3 Å². The number of nitrogens with two attached hydrogens (primary N) is 1. The number of esters is 1. The molecule has 6 nitrogen and oxygen atoms in total. The van der Waals surface area contributed by atoms with Gasteiger partial charge in [-0.05, 0) is 31.2 Å². The van der Waals surface area contributed by atoms with Crippen LogP contribution in [0.3, 0.4) is 0 Å². The average molecular weight is 321 g/mol. The van der Waals surface area contributed by atoms with Gasteiger partial charge in [0.15, 0.2) is 6.10 Å². The summed E-state index contributed by atoms with van der Waals surface area (Å²) in [6.45, 7) is 1.44. The molecule has 0 aliphatic rings. The third-order valence-electron chi connectivity index (χ3n) is 3.60. The van der Waals surface area contributed by atoms with Crippen LogP contribution >= 0.6 is 0 Å². The molecule has 0 unspecified atom stereocenters. The van der Waals surface area contributed by atoms with Crippen LogP contribution in [-0.2, 0) is 9.53 Å². The lowest BCUT2D eigenvalue weighted by molar-refractivity contribution is -0.125. The van der Waals surface area contributed by atoms with Crippen LogP contribution in [-0.4, -0.2) is 27.9 Å². The first-order chi connectivity index (χ1) is 11.6. The Kier molecular flexibility index (Phi) is 4.20. The van der Waals surface area contributed by atoms with Crippen molar-refractivity contribution in [2.24, 2.45) is 5.73 Å². The summed E-state index contributed by atoms with van der Waals surface area (Å²) in [5.41, 5.74) is 7.60. The Morgan fingerprint density at radius 3 is 2.54 bits per heavy atom. The van der Waals surface area contributed by atoms with E-state index in [2.05, 4.69) is 9.97 Å². The molecule has 0 radical (unpaired) electrons. The maximum atomic E-state index is 12.5. The fourth-order valence-corrected chi connectivity index (χ4v) is 2.30. The monoisotopic (exact) mass is 321 g/mol. The first-order valence-corrected chi connectivity index (χ1v) is 7.37. The van der Waals surface area contributed by atoms with Gasteiger partial charge < -0.3 is 10.5 Å². The van der Waals surface area contributed by atoms with Gasteiger partial charge in [0.1, 0.15) is 0 Å². The summed E-state index contributed by atoms with van der Waals surface area (Å²) in [5.74, 6) is -1.31. The molecule has 0 aliphatic carbocycles. The van der Waals surface area contributed by atoms with E-state index in [-0.39, 0.29) is 0 Å². The van der Waals surface area contributed by atoms with Gasteiger partial charge in [-0.2, -0.15) is 0 Å². The van der Waals surface area contributed by atoms with E-state index in [9.17, 15) is 9.59 Å². The quantitative estimate of drug-likeness (QED) is 0.744. The molecule has 0 fully saturated rings. The lowest BCUT2D eigenvalue weighted by Crippen LogP contribution is -2.30. The van der Waals surface area contributed by atoms with E-state index in [1.165, 1.54) is 6.92 Å². The summed E-state index contributed by atoms with van der Waals surface area (Å²) >= 11 is 0. The standard InChI is InChI=1S/C18H15N3O3/c1-11(17(19)22)24-18(23)14-10-16(12-6-8-20-9-7-12)21-15-5-3-2-4-13(14)15/h2-11H,1H3,(H2,19,22)/t11-/m1/s1. The van der Waals surface area contributed by atoms with Crippen molar-refractivity contribution >= 4 is 22.8 Å². The summed E-state index contributed by atoms with van der Waals surface area (Å²) < 4.78 is 5.14. The highest BCUT2D eigenvalue weighted by Gasteiger charge is 2.19. The van der Waals surface area contributed by atoms with Gasteiger partial charge in [0, 0.05) is 23.3 Å². The van der Waals surface area contributed by atoms with Crippen LogP contribution in [0.5, 0.6) is 0 Å². The smallest absolute Gasteiger partial charge is 0.339 e. The molecule has 1 atom stereocenters. The Morgan fingerprint density at radius 1 is 1.12 bits per heavy atom. The molecular formula is C18H15N3O3. The van der Waals surface area contributed by atoms with Crippen LogP contribution in [0.25, 0.3) is 22.2 Å². The number of amides is 1. The molecule has 0 saturated carbocycles. The number of aromatic nitrogens is 2. The lowest BCUT2D eigenvalue weighted by atomic mass is 10.0. The number of fused-ring (bicyclic) bond motifs is 1. The molecule has 0 spiro atoms. The van der Waals surface area contributed by atoms with Crippen molar-refractivity contribution in [3.05, 3.63) is 60.4 Å². The van der Waals surface area contributed by atoms with Crippen LogP contribution in [0.1, 0.15) is 17.3 Å². The number of benzene rings is 1. The number of hydrogen-bond donors (Lipinski definition) is 1. The Morgan fingerprint density at radius 2 is 1.83 bits per heavy atom. The molecule has 120 valence electrons. The largest absolute Gasteiger partial charge is 0.449 e. The topological polar surface area (TPSA) is 95.2 Å². The van der Waals surface area contributed by atoms with Crippen molar-refractivity contribution in [3.63, 3.8) is 0 Å². The second kappa shape index (κ2) is 6.45. The highest BCUT2D eigenvalue weighted by Crippen LogP contribution is 2.25. The maximum absolute atomic E-state index is 12.5. The van der Waals surface area contributed by atoms with Crippen molar-refractivity contribution in [2.45, 2.75) is 13.0 Å². The summed E-state index contributed by atoms with van der Waals surface area (Å²) in [5, 5.41) is 0.650. The van der Waals surface area contributed by atoms with E-state index in [0.29, 0.717) is 22.2 Å². The number of para-hydroxylation sites is 1. The minimum Gasteiger partial charge on any atom is -0.449 e. The Bertz CT molecular complexity index is 910. The van der Waals surface area contributed by atoms with Gasteiger partial charge in [0.2, 0.25) is 0 Å². The minimum absolute atomic E-state index is 0.334. The maximum Gasteiger partial charge on any atom is 0.339 e. The van der Waals surface area contributed by atoms with Gasteiger partial charge in [-0.15, -0.1) is 0 Å². The van der Waals surface area contributed by atoms with Crippen molar-refractivity contribution in [2.75, 3.05) is 0 Å². The average Bonchev–Trinajstić information content (AvgIpc) is 2.61. The number of ether oxygens (including phenoxy) is 1. The molecule has 3 rings (SSSR count). The summed E-state index contributed by atoms with van der Waals surface area (Å²) in [6.07, 6.45) is 2.30. The van der Waals surface area contributed by atoms with Crippen LogP contribution < -0.4 is 5.73 Å². The number of pyridine rings is 2. The second-order valence-electron chi connectivity index (χ2n) is 5.26. The van der Waals surface area contributed by atoms with Gasteiger partial charge in [-0.25, -0.2) is 9.78 Å². The molecule has 2 N–H and O–H groups in total. The fraction of sp³-hybridized carbons (Fsp3) is 0.111. The molecule has 2 aromatic heterocycles. The van der Waals surface area contributed by atoms with E-state index in [4.69, 9.17) is 10.5 Å². The molecule has 1 aromatic carbocycles. The van der Waals surface area contributed by atoms with E-state index in [0.717, 1.165) is 5.56 Å². The Balaban J connectivity index is 2.11. The molecule has 2 heterocycles. The van der Waals surface area contributed by atoms with Crippen LogP contribution in [0, 0.1) is 0 Å². The zero-order chi connectivity index (χ0) is 17.1. The third kappa shape index (κ3) is 3.08. The molecule has 0 saturated heterocycles. The molecule has 1 amide bonds. The molecular weight excluding hydrogens is 306 g/mol. The third-order valence-corrected chi connectivity index (χ3v) is 3.60. The zero-order valence-corrected chi connectivity index (χ0v) is 13.0. The molecule has 3 aromatic rings. The molecule has 6 heteroatoms. The van der Waals surface area contributed by atoms with Gasteiger partial charge in [0.05, 0.1) is 16.8 Å². The number of primary amides is 1. The molecule has 0 aliphatic heterocycles. The van der Waals surface area contributed by atoms with Crippen molar-refractivity contribution in [1.29, 1.82) is 0 Å². The van der Waals surface area contributed by atoms with Gasteiger partial charge in [-0.1, -0.05) is 18.2 Å². The highest BCUT2D eigenvalue weighted by molar-refractivity contribution is 6.05. The summed E-state index contributed by atoms with van der Waals surface area (Å²) in [6, 6.07) is 12.5. The zero-order valence-electron chi connectivity index (χ0n) is 13.0. The van der Waals surface area contributed by atoms with Crippen LogP contribution in [0.2, 0.25) is 0 Å². The summed E-state index contributed by atoms with van der Waals surface area (Å²) in [7, 11) is 0. The molecule has 0 bridgehead atoms. The van der Waals surface area contributed by atoms with Crippen molar-refractivity contribution in [1.82, 2.24) is 9.97 Å². The van der Waals surface area contributed by atoms with E-state index in [1.807, 2.05) is 18.2 Å². The number of nitrogens with zero attached hydrogens (tertiary/aromatic N) is 2. The Labute approximate surface area is 138 Å². The van der Waals surface area contributed by atoms with E-state index < -0.39 is 18.0 Å². The highest BCUT2D eigenvalue weighted by atomic mass is 16.5. The second-order valence-corrected chi connectivity index (χ2v) is 5.26. The first-order valence-electron chi connectivity index (χ1n) is 7.37. The van der Waals surface area contributed by atoms with Gasteiger partial charge >= 0.3 is 5.97 Å². The van der Waals surface area contributed by atoms with Gasteiger partial charge in [0.25, 0.3) is 5.91 Å². The number of rotatable bonds is 4. The van der Waals surface area contributed by atoms with E-state index in [1.54, 1.807) is 36.7 Å². The SMILES string of the molecule is C[C@@H](OC(=O)c1cc(-c2ccncc2)nc2ccccc12)C(N)=O. The number of hydrogen-bond acceptors (Lipinski definition) is 5. The predicted molar refractivity (Wildman–Crippen MR) is 89.0 cm³/mol. The fourth-order valence-electron chi connectivity index (χ4n) is 2.30. The van der Waals surface area contributed by atoms with Crippen LogP contribution in [0.15, 0.2) is 54.9 Å². The number of carbonyl (C=O) groups is 2. The number of carbonyl (C=O) groups excluding carboxylic acids is 2. The Hall–Kier alpha value is -3.28. The normalized spacial score (nSPS) is 11.9. The first kappa shape index (κ1) is 15.6. The van der Waals surface area contributed by atoms with Crippen LogP contribution in [0.4, 0.5) is 0 Å². The predicted octanol–water partition coefficient (Wildman–Crippen LogP) is 2.33. The van der Waals surface area contributed by atoms with Gasteiger partial charge in [-0.3, -0.25) is 9.78 Å². The molecule has 24 heavy (non-hydrogen) atoms. The van der Waals surface area contributed by atoms with Crippen molar-refractivity contribution < 1.29 is 14.3 Å². The minimum atomic E-state index is -1.01.